The quantitative estimate of drug-likeness (QED) is 0.862. The first-order chi connectivity index (χ1) is 12.8. The summed E-state index contributed by atoms with van der Waals surface area (Å²) in [6.07, 6.45) is 8.81. The molecule has 4 heterocycles. The van der Waals surface area contributed by atoms with Crippen LogP contribution in [0.1, 0.15) is 37.8 Å². The number of hydrogen-bond acceptors (Lipinski definition) is 6. The maximum absolute atomic E-state index is 6.45. The molecule has 7 heteroatoms. The highest BCUT2D eigenvalue weighted by Crippen LogP contribution is 2.36. The summed E-state index contributed by atoms with van der Waals surface area (Å²) in [5.41, 5.74) is 1.12. The smallest absolute Gasteiger partial charge is 0.232 e. The van der Waals surface area contributed by atoms with Gasteiger partial charge in [0.15, 0.2) is 6.61 Å². The van der Waals surface area contributed by atoms with Crippen LogP contribution in [0.4, 0.5) is 0 Å². The highest BCUT2D eigenvalue weighted by Gasteiger charge is 2.43. The lowest BCUT2D eigenvalue weighted by Gasteiger charge is -2.40. The molecule has 1 aromatic rings. The summed E-state index contributed by atoms with van der Waals surface area (Å²) in [7, 11) is 2.00. The van der Waals surface area contributed by atoms with Crippen molar-refractivity contribution in [3.63, 3.8) is 0 Å². The van der Waals surface area contributed by atoms with E-state index in [1.54, 1.807) is 0 Å². The molecule has 0 spiro atoms. The number of ether oxygens (including phenoxy) is 1. The Hall–Kier alpha value is -1.60. The van der Waals surface area contributed by atoms with E-state index < -0.39 is 0 Å². The molecule has 4 rings (SSSR count). The first kappa shape index (κ1) is 17.8. The van der Waals surface area contributed by atoms with Crippen molar-refractivity contribution in [3.8, 4) is 0 Å². The number of aromatic nitrogens is 2. The van der Waals surface area contributed by atoms with Gasteiger partial charge in [0.1, 0.15) is 6.10 Å². The van der Waals surface area contributed by atoms with Gasteiger partial charge in [-0.2, -0.15) is 5.10 Å². The van der Waals surface area contributed by atoms with Crippen molar-refractivity contribution < 1.29 is 9.57 Å². The van der Waals surface area contributed by atoms with Crippen LogP contribution in [0.3, 0.4) is 0 Å². The van der Waals surface area contributed by atoms with E-state index >= 15 is 0 Å². The van der Waals surface area contributed by atoms with Crippen molar-refractivity contribution in [3.05, 3.63) is 18.0 Å². The van der Waals surface area contributed by atoms with E-state index in [-0.39, 0.29) is 11.5 Å². The Morgan fingerprint density at radius 3 is 2.77 bits per heavy atom. The number of nitrogens with zero attached hydrogens (tertiary/aromatic N) is 4. The van der Waals surface area contributed by atoms with Crippen molar-refractivity contribution >= 4 is 5.90 Å². The third-order valence-corrected chi connectivity index (χ3v) is 6.05. The van der Waals surface area contributed by atoms with Crippen LogP contribution in [0.15, 0.2) is 17.4 Å². The monoisotopic (exact) mass is 361 g/mol. The Kier molecular flexibility index (Phi) is 5.45. The normalized spacial score (nSPS) is 26.7. The third kappa shape index (κ3) is 3.88. The minimum absolute atomic E-state index is 0.0823. The molecule has 0 amide bonds. The van der Waals surface area contributed by atoms with Gasteiger partial charge in [-0.3, -0.25) is 9.58 Å². The second-order valence-corrected chi connectivity index (χ2v) is 7.95. The highest BCUT2D eigenvalue weighted by molar-refractivity contribution is 5.83. The van der Waals surface area contributed by atoms with Crippen molar-refractivity contribution in [1.29, 1.82) is 0 Å². The fourth-order valence-electron chi connectivity index (χ4n) is 4.43. The molecule has 3 aliphatic heterocycles. The SMILES string of the molecule is Cn1nccc1CC1(C2=NOCC(CN3CCCCC3)O2)CCNCC1. The molecular formula is C19H31N5O2. The van der Waals surface area contributed by atoms with E-state index in [0.717, 1.165) is 44.8 Å². The first-order valence-corrected chi connectivity index (χ1v) is 10.0. The zero-order valence-electron chi connectivity index (χ0n) is 15.8. The molecule has 0 bridgehead atoms. The maximum atomic E-state index is 6.45. The van der Waals surface area contributed by atoms with Gasteiger partial charge in [-0.25, -0.2) is 0 Å². The van der Waals surface area contributed by atoms with Crippen LogP contribution in [0.5, 0.6) is 0 Å². The molecule has 1 atom stereocenters. The van der Waals surface area contributed by atoms with Gasteiger partial charge in [-0.1, -0.05) is 11.6 Å². The second kappa shape index (κ2) is 7.96. The van der Waals surface area contributed by atoms with E-state index in [2.05, 4.69) is 26.5 Å². The minimum atomic E-state index is -0.0976. The molecule has 7 nitrogen and oxygen atoms in total. The van der Waals surface area contributed by atoms with Crippen LogP contribution in [0.2, 0.25) is 0 Å². The Morgan fingerprint density at radius 1 is 1.23 bits per heavy atom. The molecule has 2 fully saturated rings. The van der Waals surface area contributed by atoms with Gasteiger partial charge in [-0.15, -0.1) is 0 Å². The minimum Gasteiger partial charge on any atom is -0.470 e. The number of aryl methyl sites for hydroxylation is 1. The molecule has 0 saturated carbocycles. The average molecular weight is 361 g/mol. The first-order valence-electron chi connectivity index (χ1n) is 10.0. The highest BCUT2D eigenvalue weighted by atomic mass is 16.7. The molecule has 0 aromatic carbocycles. The van der Waals surface area contributed by atoms with Crippen molar-refractivity contribution in [2.45, 2.75) is 44.6 Å². The lowest BCUT2D eigenvalue weighted by Crippen LogP contribution is -2.49. The zero-order chi connectivity index (χ0) is 17.8. The maximum Gasteiger partial charge on any atom is 0.232 e. The average Bonchev–Trinajstić information content (AvgIpc) is 3.08. The van der Waals surface area contributed by atoms with E-state index in [1.165, 1.54) is 38.0 Å². The number of rotatable bonds is 5. The molecule has 26 heavy (non-hydrogen) atoms. The summed E-state index contributed by atoms with van der Waals surface area (Å²) in [5.74, 6) is 0.799. The summed E-state index contributed by atoms with van der Waals surface area (Å²) < 4.78 is 8.40. The van der Waals surface area contributed by atoms with E-state index in [1.807, 2.05) is 17.9 Å². The number of likely N-dealkylation sites (tertiary alicyclic amines) is 1. The second-order valence-electron chi connectivity index (χ2n) is 7.95. The van der Waals surface area contributed by atoms with E-state index in [9.17, 15) is 0 Å². The summed E-state index contributed by atoms with van der Waals surface area (Å²) in [5, 5.41) is 12.2. The predicted molar refractivity (Wildman–Crippen MR) is 100.0 cm³/mol. The van der Waals surface area contributed by atoms with Crippen LogP contribution in [0.25, 0.3) is 0 Å². The van der Waals surface area contributed by atoms with Gasteiger partial charge in [0.25, 0.3) is 0 Å². The number of hydrogen-bond donors (Lipinski definition) is 1. The Morgan fingerprint density at radius 2 is 2.04 bits per heavy atom. The van der Waals surface area contributed by atoms with Crippen LogP contribution in [0, 0.1) is 5.41 Å². The molecule has 144 valence electrons. The summed E-state index contributed by atoms with van der Waals surface area (Å²) in [4.78, 5) is 8.17. The lowest BCUT2D eigenvalue weighted by molar-refractivity contribution is -0.0243. The van der Waals surface area contributed by atoms with Gasteiger partial charge in [0.2, 0.25) is 5.90 Å². The molecule has 1 aromatic heterocycles. The molecule has 3 aliphatic rings. The van der Waals surface area contributed by atoms with Gasteiger partial charge >= 0.3 is 0 Å². The number of oxime groups is 1. The van der Waals surface area contributed by atoms with Crippen molar-refractivity contribution in [2.75, 3.05) is 39.3 Å². The molecule has 1 N–H and O–H groups in total. The van der Waals surface area contributed by atoms with Crippen LogP contribution in [-0.4, -0.2) is 66.0 Å². The Bertz CT molecular complexity index is 617. The topological polar surface area (TPSA) is 63.9 Å². The van der Waals surface area contributed by atoms with Crippen LogP contribution < -0.4 is 5.32 Å². The van der Waals surface area contributed by atoms with Crippen LogP contribution in [-0.2, 0) is 23.0 Å². The van der Waals surface area contributed by atoms with Gasteiger partial charge < -0.3 is 14.9 Å². The van der Waals surface area contributed by atoms with Crippen LogP contribution >= 0.6 is 0 Å². The number of piperidine rings is 2. The Labute approximate surface area is 155 Å². The van der Waals surface area contributed by atoms with E-state index in [4.69, 9.17) is 9.57 Å². The standard InChI is InChI=1S/C19H31N5O2/c1-23-16(5-8-21-23)13-19(6-9-20-10-7-19)18-22-25-15-17(26-18)14-24-11-3-2-4-12-24/h5,8,17,20H,2-4,6-7,9-15H2,1H3. The summed E-state index contributed by atoms with van der Waals surface area (Å²) in [6, 6.07) is 2.10. The summed E-state index contributed by atoms with van der Waals surface area (Å²) >= 11 is 0. The third-order valence-electron chi connectivity index (χ3n) is 6.05. The molecule has 1 unspecified atom stereocenters. The molecule has 0 radical (unpaired) electrons. The summed E-state index contributed by atoms with van der Waals surface area (Å²) in [6.45, 7) is 5.82. The van der Waals surface area contributed by atoms with Gasteiger partial charge in [0, 0.05) is 31.9 Å². The Balaban J connectivity index is 1.47. The van der Waals surface area contributed by atoms with Crippen molar-refractivity contribution in [1.82, 2.24) is 20.0 Å². The molecule has 2 saturated heterocycles. The molecular weight excluding hydrogens is 330 g/mol. The van der Waals surface area contributed by atoms with Gasteiger partial charge in [0.05, 0.1) is 5.41 Å². The van der Waals surface area contributed by atoms with Crippen molar-refractivity contribution in [2.24, 2.45) is 17.6 Å². The fraction of sp³-hybridized carbons (Fsp3) is 0.789. The van der Waals surface area contributed by atoms with E-state index in [0.29, 0.717) is 6.61 Å². The zero-order valence-corrected chi connectivity index (χ0v) is 15.8. The largest absolute Gasteiger partial charge is 0.470 e. The molecule has 0 aliphatic carbocycles. The fourth-order valence-corrected chi connectivity index (χ4v) is 4.43. The van der Waals surface area contributed by atoms with Gasteiger partial charge in [-0.05, 0) is 57.9 Å². The predicted octanol–water partition coefficient (Wildman–Crippen LogP) is 1.55. The lowest BCUT2D eigenvalue weighted by atomic mass is 9.74. The number of nitrogens with one attached hydrogen (secondary N) is 1.